The predicted molar refractivity (Wildman–Crippen MR) is 110 cm³/mol. The Kier molecular flexibility index (Phi) is 6.52. The normalized spacial score (nSPS) is 10.6. The zero-order valence-corrected chi connectivity index (χ0v) is 17.4. The molecule has 0 bridgehead atoms. The van der Waals surface area contributed by atoms with E-state index in [1.807, 2.05) is 28.8 Å². The molecule has 140 valence electrons. The topological polar surface area (TPSA) is 69.0 Å². The molecule has 1 aromatic heterocycles. The Morgan fingerprint density at radius 2 is 2.00 bits per heavy atom. The largest absolute Gasteiger partial charge is 0.497 e. The molecular weight excluding hydrogens is 428 g/mol. The van der Waals surface area contributed by atoms with Crippen LogP contribution in [0, 0.1) is 0 Å². The lowest BCUT2D eigenvalue weighted by atomic mass is 10.2. The summed E-state index contributed by atoms with van der Waals surface area (Å²) in [6.07, 6.45) is 0. The monoisotopic (exact) mass is 446 g/mol. The van der Waals surface area contributed by atoms with Crippen molar-refractivity contribution in [3.05, 3.63) is 64.4 Å². The summed E-state index contributed by atoms with van der Waals surface area (Å²) in [5.41, 5.74) is 1.48. The van der Waals surface area contributed by atoms with Crippen LogP contribution < -0.4 is 10.1 Å². The van der Waals surface area contributed by atoms with Crippen molar-refractivity contribution in [2.45, 2.75) is 18.6 Å². The van der Waals surface area contributed by atoms with Crippen LogP contribution in [-0.2, 0) is 6.54 Å². The lowest BCUT2D eigenvalue weighted by Crippen LogP contribution is -2.24. The van der Waals surface area contributed by atoms with Gasteiger partial charge in [0.05, 0.1) is 13.7 Å². The summed E-state index contributed by atoms with van der Waals surface area (Å²) in [7, 11) is 1.57. The van der Waals surface area contributed by atoms with E-state index in [1.54, 1.807) is 43.1 Å². The highest BCUT2D eigenvalue weighted by molar-refractivity contribution is 9.10. The van der Waals surface area contributed by atoms with Crippen molar-refractivity contribution in [2.24, 2.45) is 0 Å². The van der Waals surface area contributed by atoms with Crippen molar-refractivity contribution >= 4 is 33.6 Å². The van der Waals surface area contributed by atoms with Gasteiger partial charge in [0.15, 0.2) is 11.0 Å². The van der Waals surface area contributed by atoms with Crippen LogP contribution in [0.1, 0.15) is 23.1 Å². The van der Waals surface area contributed by atoms with Crippen molar-refractivity contribution in [1.82, 2.24) is 20.1 Å². The number of nitrogens with zero attached hydrogens (tertiary/aromatic N) is 3. The van der Waals surface area contributed by atoms with E-state index in [1.165, 1.54) is 0 Å². The lowest BCUT2D eigenvalue weighted by molar-refractivity contribution is 0.0949. The van der Waals surface area contributed by atoms with Gasteiger partial charge in [-0.1, -0.05) is 40.7 Å². The number of benzene rings is 2. The maximum Gasteiger partial charge on any atom is 0.251 e. The Balaban J connectivity index is 1.82. The summed E-state index contributed by atoms with van der Waals surface area (Å²) in [6.45, 7) is 2.33. The minimum Gasteiger partial charge on any atom is -0.497 e. The first-order chi connectivity index (χ1) is 13.1. The number of methoxy groups -OCH3 is 1. The lowest BCUT2D eigenvalue weighted by Gasteiger charge is -2.11. The maximum absolute atomic E-state index is 12.5. The van der Waals surface area contributed by atoms with Gasteiger partial charge in [-0.3, -0.25) is 9.36 Å². The van der Waals surface area contributed by atoms with Crippen molar-refractivity contribution in [3.63, 3.8) is 0 Å². The third-order valence-electron chi connectivity index (χ3n) is 3.80. The van der Waals surface area contributed by atoms with Crippen molar-refractivity contribution in [3.8, 4) is 11.4 Å². The molecule has 0 radical (unpaired) electrons. The highest BCUT2D eigenvalue weighted by atomic mass is 79.9. The summed E-state index contributed by atoms with van der Waals surface area (Å²) in [5.74, 6) is 2.00. The number of rotatable bonds is 7. The van der Waals surface area contributed by atoms with Gasteiger partial charge in [-0.15, -0.1) is 10.2 Å². The highest BCUT2D eigenvalue weighted by Crippen LogP contribution is 2.23. The van der Waals surface area contributed by atoms with E-state index in [2.05, 4.69) is 38.4 Å². The molecule has 0 saturated heterocycles. The van der Waals surface area contributed by atoms with Gasteiger partial charge in [0.1, 0.15) is 5.75 Å². The number of ether oxygens (including phenoxy) is 1. The molecule has 1 heterocycles. The van der Waals surface area contributed by atoms with Gasteiger partial charge in [-0.2, -0.15) is 0 Å². The molecular formula is C19H19BrN4O2S. The SMILES string of the molecule is CCSc1nnc(CNC(=O)c2cccc(OC)c2)n1-c1ccc(Br)cc1. The number of carbonyl (C=O) groups excluding carboxylic acids is 1. The van der Waals surface area contributed by atoms with Crippen LogP contribution >= 0.6 is 27.7 Å². The molecule has 6 nitrogen and oxygen atoms in total. The van der Waals surface area contributed by atoms with E-state index in [4.69, 9.17) is 4.74 Å². The van der Waals surface area contributed by atoms with Gasteiger partial charge in [0, 0.05) is 15.7 Å². The van der Waals surface area contributed by atoms with E-state index < -0.39 is 0 Å². The molecule has 3 aromatic rings. The molecule has 0 atom stereocenters. The Labute approximate surface area is 170 Å². The molecule has 0 aliphatic heterocycles. The number of halogens is 1. The molecule has 2 aromatic carbocycles. The van der Waals surface area contributed by atoms with Gasteiger partial charge in [-0.25, -0.2) is 0 Å². The third-order valence-corrected chi connectivity index (χ3v) is 5.14. The van der Waals surface area contributed by atoms with Gasteiger partial charge < -0.3 is 10.1 Å². The Morgan fingerprint density at radius 3 is 2.70 bits per heavy atom. The van der Waals surface area contributed by atoms with Crippen LogP contribution in [0.3, 0.4) is 0 Å². The maximum atomic E-state index is 12.5. The second-order valence-electron chi connectivity index (χ2n) is 5.56. The number of hydrogen-bond acceptors (Lipinski definition) is 5. The molecule has 1 N–H and O–H groups in total. The molecule has 0 aliphatic carbocycles. The predicted octanol–water partition coefficient (Wildman–Crippen LogP) is 4.08. The van der Waals surface area contributed by atoms with E-state index >= 15 is 0 Å². The van der Waals surface area contributed by atoms with E-state index in [-0.39, 0.29) is 12.5 Å². The molecule has 3 rings (SSSR count). The third kappa shape index (κ3) is 4.70. The van der Waals surface area contributed by atoms with Crippen LogP contribution in [0.15, 0.2) is 58.2 Å². The summed E-state index contributed by atoms with van der Waals surface area (Å²) in [5, 5.41) is 12.3. The smallest absolute Gasteiger partial charge is 0.251 e. The molecule has 0 unspecified atom stereocenters. The fourth-order valence-electron chi connectivity index (χ4n) is 2.51. The van der Waals surface area contributed by atoms with Crippen LogP contribution in [0.5, 0.6) is 5.75 Å². The number of carbonyl (C=O) groups is 1. The zero-order valence-electron chi connectivity index (χ0n) is 15.0. The molecule has 0 saturated carbocycles. The number of thioether (sulfide) groups is 1. The molecule has 27 heavy (non-hydrogen) atoms. The van der Waals surface area contributed by atoms with Gasteiger partial charge in [0.2, 0.25) is 0 Å². The minimum atomic E-state index is -0.191. The van der Waals surface area contributed by atoms with Crippen molar-refractivity contribution in [1.29, 1.82) is 0 Å². The van der Waals surface area contributed by atoms with Crippen LogP contribution in [0.2, 0.25) is 0 Å². The summed E-state index contributed by atoms with van der Waals surface area (Å²) in [6, 6.07) is 14.9. The van der Waals surface area contributed by atoms with E-state index in [0.29, 0.717) is 17.1 Å². The Bertz CT molecular complexity index is 928. The molecule has 1 amide bonds. The van der Waals surface area contributed by atoms with Crippen LogP contribution in [0.25, 0.3) is 5.69 Å². The summed E-state index contributed by atoms with van der Waals surface area (Å²) in [4.78, 5) is 12.5. The minimum absolute atomic E-state index is 0.191. The average Bonchev–Trinajstić information content (AvgIpc) is 3.09. The van der Waals surface area contributed by atoms with E-state index in [9.17, 15) is 4.79 Å². The fraction of sp³-hybridized carbons (Fsp3) is 0.211. The van der Waals surface area contributed by atoms with Crippen molar-refractivity contribution in [2.75, 3.05) is 12.9 Å². The first-order valence-corrected chi connectivity index (χ1v) is 10.2. The van der Waals surface area contributed by atoms with Crippen LogP contribution in [0.4, 0.5) is 0 Å². The van der Waals surface area contributed by atoms with E-state index in [0.717, 1.165) is 21.1 Å². The first kappa shape index (κ1) is 19.4. The number of aromatic nitrogens is 3. The quantitative estimate of drug-likeness (QED) is 0.553. The average molecular weight is 447 g/mol. The highest BCUT2D eigenvalue weighted by Gasteiger charge is 2.15. The first-order valence-electron chi connectivity index (χ1n) is 8.37. The van der Waals surface area contributed by atoms with Gasteiger partial charge in [-0.05, 0) is 48.2 Å². The second-order valence-corrected chi connectivity index (χ2v) is 7.71. The van der Waals surface area contributed by atoms with Gasteiger partial charge in [0.25, 0.3) is 5.91 Å². The number of amides is 1. The molecule has 0 spiro atoms. The Morgan fingerprint density at radius 1 is 1.22 bits per heavy atom. The van der Waals surface area contributed by atoms with Gasteiger partial charge >= 0.3 is 0 Å². The number of nitrogens with one attached hydrogen (secondary N) is 1. The van der Waals surface area contributed by atoms with Crippen molar-refractivity contribution < 1.29 is 9.53 Å². The van der Waals surface area contributed by atoms with Crippen LogP contribution in [-0.4, -0.2) is 33.5 Å². The fourth-order valence-corrected chi connectivity index (χ4v) is 3.47. The summed E-state index contributed by atoms with van der Waals surface area (Å²) >= 11 is 5.06. The zero-order chi connectivity index (χ0) is 19.2. The Hall–Kier alpha value is -2.32. The molecule has 8 heteroatoms. The molecule has 0 aliphatic rings. The summed E-state index contributed by atoms with van der Waals surface area (Å²) < 4.78 is 8.13. The number of hydrogen-bond donors (Lipinski definition) is 1. The molecule has 0 fully saturated rings. The second kappa shape index (κ2) is 9.05. The standard InChI is InChI=1S/C19H19BrN4O2S/c1-3-27-19-23-22-17(24(19)15-9-7-14(20)8-10-15)12-21-18(25)13-5-4-6-16(11-13)26-2/h4-11H,3,12H2,1-2H3,(H,21,25).